The van der Waals surface area contributed by atoms with Crippen LogP contribution in [0.15, 0.2) is 23.4 Å². The van der Waals surface area contributed by atoms with Crippen LogP contribution >= 0.6 is 11.8 Å². The van der Waals surface area contributed by atoms with E-state index in [0.29, 0.717) is 0 Å². The van der Waals surface area contributed by atoms with Crippen LogP contribution in [-0.4, -0.2) is 25.5 Å². The lowest BCUT2D eigenvalue weighted by molar-refractivity contribution is 0.578. The van der Waals surface area contributed by atoms with Crippen LogP contribution in [0.5, 0.6) is 0 Å². The third-order valence-electron chi connectivity index (χ3n) is 3.02. The second kappa shape index (κ2) is 3.20. The van der Waals surface area contributed by atoms with Crippen LogP contribution in [0.3, 0.4) is 0 Å². The summed E-state index contributed by atoms with van der Waals surface area (Å²) in [6.07, 6.45) is 0. The molecule has 3 aliphatic heterocycles. The molecular formula is C12H10N4S. The van der Waals surface area contributed by atoms with E-state index in [2.05, 4.69) is 40.2 Å². The molecule has 3 aliphatic rings. The smallest absolute Gasteiger partial charge is 0.186 e. The molecule has 0 spiro atoms. The number of thioether (sulfide) groups is 1. The normalized spacial score (nSPS) is 14.6. The third-order valence-corrected chi connectivity index (χ3v) is 3.97. The first-order chi connectivity index (χ1) is 8.31. The topological polar surface area (TPSA) is 43.6 Å². The second-order valence-electron chi connectivity index (χ2n) is 4.27. The number of nitrogens with zero attached hydrogens (tertiary/aromatic N) is 4. The van der Waals surface area contributed by atoms with Crippen molar-refractivity contribution in [1.29, 1.82) is 0 Å². The van der Waals surface area contributed by atoms with Gasteiger partial charge in [0.2, 0.25) is 0 Å². The predicted octanol–water partition coefficient (Wildman–Crippen LogP) is 2.35. The number of fused-ring (bicyclic) bond motifs is 4. The summed E-state index contributed by atoms with van der Waals surface area (Å²) in [5, 5.41) is 6.73. The highest BCUT2D eigenvalue weighted by Gasteiger charge is 2.21. The highest BCUT2D eigenvalue weighted by Crippen LogP contribution is 2.31. The summed E-state index contributed by atoms with van der Waals surface area (Å²) in [4.78, 5) is 9.13. The fraction of sp³-hybridized carbons (Fsp3) is 0.250. The molecule has 0 aliphatic carbocycles. The van der Waals surface area contributed by atoms with E-state index >= 15 is 0 Å². The van der Waals surface area contributed by atoms with E-state index in [1.165, 1.54) is 5.56 Å². The first-order valence-electron chi connectivity index (χ1n) is 5.59. The van der Waals surface area contributed by atoms with Crippen molar-refractivity contribution >= 4 is 22.7 Å². The molecule has 0 N–H and O–H groups in total. The van der Waals surface area contributed by atoms with E-state index < -0.39 is 0 Å². The van der Waals surface area contributed by atoms with Gasteiger partial charge in [-0.1, -0.05) is 23.9 Å². The molecule has 84 valence electrons. The molecule has 1 aromatic carbocycles. The lowest BCUT2D eigenvalue weighted by Crippen LogP contribution is -2.06. The van der Waals surface area contributed by atoms with Crippen molar-refractivity contribution in [2.75, 3.05) is 5.75 Å². The van der Waals surface area contributed by atoms with Crippen LogP contribution in [0.25, 0.3) is 22.4 Å². The first-order valence-corrected chi connectivity index (χ1v) is 6.57. The summed E-state index contributed by atoms with van der Waals surface area (Å²) >= 11 is 1.75. The van der Waals surface area contributed by atoms with Gasteiger partial charge in [-0.3, -0.25) is 0 Å². The Hall–Kier alpha value is -1.62. The zero-order chi connectivity index (χ0) is 11.4. The van der Waals surface area contributed by atoms with E-state index in [0.717, 1.165) is 39.9 Å². The van der Waals surface area contributed by atoms with Crippen molar-refractivity contribution in [1.82, 2.24) is 19.7 Å². The van der Waals surface area contributed by atoms with Crippen LogP contribution in [0.1, 0.15) is 5.56 Å². The molecule has 4 nitrogen and oxygen atoms in total. The van der Waals surface area contributed by atoms with Gasteiger partial charge in [0, 0.05) is 11.1 Å². The lowest BCUT2D eigenvalue weighted by Gasteiger charge is -2.03. The van der Waals surface area contributed by atoms with Crippen molar-refractivity contribution in [2.45, 2.75) is 18.6 Å². The second-order valence-corrected chi connectivity index (χ2v) is 5.33. The number of hydrogen-bond acceptors (Lipinski definition) is 4. The van der Waals surface area contributed by atoms with Crippen LogP contribution in [-0.2, 0) is 6.54 Å². The molecule has 5 heteroatoms. The summed E-state index contributed by atoms with van der Waals surface area (Å²) in [6, 6.07) is 6.27. The van der Waals surface area contributed by atoms with E-state index in [4.69, 9.17) is 0 Å². The van der Waals surface area contributed by atoms with E-state index in [1.54, 1.807) is 11.8 Å². The van der Waals surface area contributed by atoms with Crippen LogP contribution in [0, 0.1) is 6.92 Å². The molecule has 0 bridgehead atoms. The van der Waals surface area contributed by atoms with Crippen LogP contribution in [0.4, 0.5) is 0 Å². The molecule has 0 amide bonds. The van der Waals surface area contributed by atoms with E-state index in [1.807, 2.05) is 4.68 Å². The van der Waals surface area contributed by atoms with Crippen molar-refractivity contribution in [3.8, 4) is 11.5 Å². The SMILES string of the molecule is Cc1ccc2c3nn4c(nc-3nc2c1)SCC4. The molecule has 3 heterocycles. The average Bonchev–Trinajstić information content (AvgIpc) is 2.87. The summed E-state index contributed by atoms with van der Waals surface area (Å²) in [7, 11) is 0. The molecule has 0 atom stereocenters. The highest BCUT2D eigenvalue weighted by molar-refractivity contribution is 7.99. The average molecular weight is 242 g/mol. The van der Waals surface area contributed by atoms with E-state index in [9.17, 15) is 0 Å². The lowest BCUT2D eigenvalue weighted by atomic mass is 10.1. The molecule has 4 rings (SSSR count). The Labute approximate surface area is 102 Å². The van der Waals surface area contributed by atoms with Gasteiger partial charge >= 0.3 is 0 Å². The van der Waals surface area contributed by atoms with Gasteiger partial charge in [0.05, 0.1) is 12.1 Å². The van der Waals surface area contributed by atoms with Gasteiger partial charge in [0.25, 0.3) is 0 Å². The maximum Gasteiger partial charge on any atom is 0.186 e. The summed E-state index contributed by atoms with van der Waals surface area (Å²) in [5.41, 5.74) is 3.13. The van der Waals surface area contributed by atoms with Gasteiger partial charge in [0.15, 0.2) is 11.0 Å². The molecule has 0 fully saturated rings. The van der Waals surface area contributed by atoms with E-state index in [-0.39, 0.29) is 0 Å². The van der Waals surface area contributed by atoms with Gasteiger partial charge in [-0.25, -0.2) is 14.6 Å². The minimum absolute atomic E-state index is 0.770. The van der Waals surface area contributed by atoms with Crippen LogP contribution in [0.2, 0.25) is 0 Å². The van der Waals surface area contributed by atoms with Gasteiger partial charge < -0.3 is 0 Å². The zero-order valence-corrected chi connectivity index (χ0v) is 10.2. The largest absolute Gasteiger partial charge is 0.241 e. The molecule has 0 aromatic heterocycles. The maximum absolute atomic E-state index is 4.64. The monoisotopic (exact) mass is 242 g/mol. The molecule has 0 saturated heterocycles. The van der Waals surface area contributed by atoms with Gasteiger partial charge in [-0.2, -0.15) is 5.10 Å². The van der Waals surface area contributed by atoms with Crippen molar-refractivity contribution in [3.05, 3.63) is 23.8 Å². The Morgan fingerprint density at radius 1 is 1.29 bits per heavy atom. The highest BCUT2D eigenvalue weighted by atomic mass is 32.2. The summed E-state index contributed by atoms with van der Waals surface area (Å²) in [6.45, 7) is 3.02. The predicted molar refractivity (Wildman–Crippen MR) is 67.4 cm³/mol. The Bertz CT molecular complexity index is 703. The minimum Gasteiger partial charge on any atom is -0.241 e. The number of rotatable bonds is 0. The van der Waals surface area contributed by atoms with Gasteiger partial charge in [-0.15, -0.1) is 0 Å². The Balaban J connectivity index is 2.11. The Morgan fingerprint density at radius 3 is 3.18 bits per heavy atom. The van der Waals surface area contributed by atoms with Gasteiger partial charge in [0.1, 0.15) is 5.69 Å². The Kier molecular flexibility index (Phi) is 1.77. The van der Waals surface area contributed by atoms with Crippen molar-refractivity contribution in [2.24, 2.45) is 0 Å². The maximum atomic E-state index is 4.64. The summed E-state index contributed by atoms with van der Waals surface area (Å²) in [5.74, 6) is 1.83. The molecule has 1 aromatic rings. The third kappa shape index (κ3) is 1.29. The molecule has 17 heavy (non-hydrogen) atoms. The van der Waals surface area contributed by atoms with Crippen molar-refractivity contribution < 1.29 is 0 Å². The quantitative estimate of drug-likeness (QED) is 0.607. The van der Waals surface area contributed by atoms with Crippen molar-refractivity contribution in [3.63, 3.8) is 0 Å². The molecular weight excluding hydrogens is 232 g/mol. The minimum atomic E-state index is 0.770. The first kappa shape index (κ1) is 9.41. The number of aromatic nitrogens is 4. The standard InChI is InChI=1S/C12H10N4S/c1-7-2-3-8-9(6-7)13-11-10(8)15-16-4-5-17-12(16)14-11/h2-3,6H,4-5H2,1H3. The fourth-order valence-corrected chi connectivity index (χ4v) is 3.07. The summed E-state index contributed by atoms with van der Waals surface area (Å²) < 4.78 is 1.98. The molecule has 0 saturated carbocycles. The molecule has 0 unspecified atom stereocenters. The van der Waals surface area contributed by atoms with Crippen LogP contribution < -0.4 is 0 Å². The number of benzene rings is 1. The Morgan fingerprint density at radius 2 is 2.24 bits per heavy atom. The fourth-order valence-electron chi connectivity index (χ4n) is 2.19. The molecule has 0 radical (unpaired) electrons. The number of hydrogen-bond donors (Lipinski definition) is 0. The zero-order valence-electron chi connectivity index (χ0n) is 9.34. The van der Waals surface area contributed by atoms with Gasteiger partial charge in [-0.05, 0) is 18.6 Å². The number of aryl methyl sites for hydroxylation is 2.